The maximum atomic E-state index is 12.7. The Morgan fingerprint density at radius 3 is 2.62 bits per heavy atom. The first-order chi connectivity index (χ1) is 13.6. The number of ether oxygens (including phenoxy) is 1. The summed E-state index contributed by atoms with van der Waals surface area (Å²) in [5.74, 6) is -0.407. The first-order valence-electron chi connectivity index (χ1n) is 8.90. The van der Waals surface area contributed by atoms with Crippen molar-refractivity contribution in [3.8, 4) is 11.6 Å². The van der Waals surface area contributed by atoms with Crippen molar-refractivity contribution in [1.29, 1.82) is 0 Å². The lowest BCUT2D eigenvalue weighted by Crippen LogP contribution is -2.30. The van der Waals surface area contributed by atoms with Crippen molar-refractivity contribution in [2.24, 2.45) is 7.05 Å². The molecule has 0 spiro atoms. The van der Waals surface area contributed by atoms with Crippen LogP contribution in [0.5, 0.6) is 11.6 Å². The number of sulfonamides is 1. The molecule has 29 heavy (non-hydrogen) atoms. The number of carbonyl (C=O) groups is 1. The summed E-state index contributed by atoms with van der Waals surface area (Å²) in [6.07, 6.45) is 1.42. The fourth-order valence-corrected chi connectivity index (χ4v) is 3.95. The Labute approximate surface area is 167 Å². The topological polar surface area (TPSA) is 145 Å². The van der Waals surface area contributed by atoms with Crippen molar-refractivity contribution in [2.45, 2.75) is 43.7 Å². The highest BCUT2D eigenvalue weighted by Crippen LogP contribution is 2.33. The van der Waals surface area contributed by atoms with Gasteiger partial charge in [0.2, 0.25) is 15.9 Å². The van der Waals surface area contributed by atoms with E-state index in [1.807, 2.05) is 0 Å². The largest absolute Gasteiger partial charge is 0.438 e. The number of non-ortho nitro benzene ring substituents is 1. The highest BCUT2D eigenvalue weighted by atomic mass is 32.2. The molecule has 1 heterocycles. The number of rotatable bonds is 8. The zero-order valence-corrected chi connectivity index (χ0v) is 16.9. The van der Waals surface area contributed by atoms with Crippen LogP contribution < -0.4 is 14.8 Å². The molecule has 2 aromatic rings. The van der Waals surface area contributed by atoms with Gasteiger partial charge >= 0.3 is 0 Å². The van der Waals surface area contributed by atoms with Crippen LogP contribution in [0.4, 0.5) is 5.69 Å². The zero-order chi connectivity index (χ0) is 21.3. The Morgan fingerprint density at radius 2 is 2.03 bits per heavy atom. The summed E-state index contributed by atoms with van der Waals surface area (Å²) in [6, 6.07) is 4.39. The second-order valence-electron chi connectivity index (χ2n) is 7.01. The Bertz CT molecular complexity index is 1060. The number of nitro benzene ring substituents is 1. The molecule has 1 amide bonds. The molecule has 156 valence electrons. The van der Waals surface area contributed by atoms with Crippen molar-refractivity contribution in [3.63, 3.8) is 0 Å². The van der Waals surface area contributed by atoms with Gasteiger partial charge in [-0.2, -0.15) is 5.10 Å². The van der Waals surface area contributed by atoms with Gasteiger partial charge in [0, 0.05) is 37.3 Å². The number of aryl methyl sites for hydroxylation is 1. The summed E-state index contributed by atoms with van der Waals surface area (Å²) in [6.45, 7) is 3.61. The molecule has 3 rings (SSSR count). The molecule has 11 nitrogen and oxygen atoms in total. The molecule has 1 aliphatic rings. The average molecular weight is 423 g/mol. The van der Waals surface area contributed by atoms with Gasteiger partial charge in [0.15, 0.2) is 5.69 Å². The highest BCUT2D eigenvalue weighted by Gasteiger charge is 2.31. The Morgan fingerprint density at radius 1 is 1.34 bits per heavy atom. The van der Waals surface area contributed by atoms with Crippen LogP contribution in [0.2, 0.25) is 0 Å². The third kappa shape index (κ3) is 4.90. The third-order valence-electron chi connectivity index (χ3n) is 4.03. The lowest BCUT2D eigenvalue weighted by Gasteiger charge is -2.12. The molecule has 1 aromatic carbocycles. The minimum Gasteiger partial charge on any atom is -0.438 e. The van der Waals surface area contributed by atoms with Crippen LogP contribution in [0.25, 0.3) is 0 Å². The highest BCUT2D eigenvalue weighted by molar-refractivity contribution is 7.89. The number of nitrogens with zero attached hydrogens (tertiary/aromatic N) is 3. The van der Waals surface area contributed by atoms with Crippen LogP contribution >= 0.6 is 0 Å². The van der Waals surface area contributed by atoms with E-state index < -0.39 is 20.9 Å². The summed E-state index contributed by atoms with van der Waals surface area (Å²) < 4.78 is 34.8. The van der Waals surface area contributed by atoms with E-state index in [2.05, 4.69) is 15.1 Å². The maximum Gasteiger partial charge on any atom is 0.272 e. The van der Waals surface area contributed by atoms with E-state index in [9.17, 15) is 23.3 Å². The van der Waals surface area contributed by atoms with Gasteiger partial charge in [-0.25, -0.2) is 17.8 Å². The second kappa shape index (κ2) is 7.79. The van der Waals surface area contributed by atoms with Crippen molar-refractivity contribution in [2.75, 3.05) is 0 Å². The molecule has 1 fully saturated rings. The van der Waals surface area contributed by atoms with E-state index in [0.29, 0.717) is 12.8 Å². The first-order valence-corrected chi connectivity index (χ1v) is 10.4. The van der Waals surface area contributed by atoms with Gasteiger partial charge in [0.1, 0.15) is 10.6 Å². The second-order valence-corrected chi connectivity index (χ2v) is 8.69. The van der Waals surface area contributed by atoms with E-state index in [-0.39, 0.29) is 40.0 Å². The van der Waals surface area contributed by atoms with E-state index in [0.717, 1.165) is 12.1 Å². The lowest BCUT2D eigenvalue weighted by molar-refractivity contribution is -0.385. The fraction of sp³-hybridized carbons (Fsp3) is 0.412. The van der Waals surface area contributed by atoms with Crippen molar-refractivity contribution < 1.29 is 22.9 Å². The summed E-state index contributed by atoms with van der Waals surface area (Å²) >= 11 is 0. The fourth-order valence-electron chi connectivity index (χ4n) is 2.49. The van der Waals surface area contributed by atoms with Gasteiger partial charge in [-0.15, -0.1) is 0 Å². The first kappa shape index (κ1) is 20.7. The van der Waals surface area contributed by atoms with Gasteiger partial charge in [-0.3, -0.25) is 14.9 Å². The average Bonchev–Trinajstić information content (AvgIpc) is 3.35. The van der Waals surface area contributed by atoms with Crippen LogP contribution in [0.1, 0.15) is 37.2 Å². The number of amides is 1. The van der Waals surface area contributed by atoms with E-state index in [1.165, 1.54) is 23.9 Å². The standard InChI is InChI=1S/C17H21N5O6S/c1-10(2)18-17(23)13-9-16(21(3)19-13)28-14-7-6-12(22(24)25)8-15(14)29(26,27)20-11-4-5-11/h6-11,20H,4-5H2,1-3H3,(H,18,23). The Hall–Kier alpha value is -2.99. The monoisotopic (exact) mass is 423 g/mol. The number of aromatic nitrogens is 2. The molecule has 0 unspecified atom stereocenters. The van der Waals surface area contributed by atoms with Gasteiger partial charge < -0.3 is 10.1 Å². The number of carbonyl (C=O) groups excluding carboxylic acids is 1. The van der Waals surface area contributed by atoms with Gasteiger partial charge in [-0.05, 0) is 32.8 Å². The summed E-state index contributed by atoms with van der Waals surface area (Å²) in [7, 11) is -2.50. The summed E-state index contributed by atoms with van der Waals surface area (Å²) in [5.41, 5.74) is -0.283. The Kier molecular flexibility index (Phi) is 5.57. The predicted octanol–water partition coefficient (Wildman–Crippen LogP) is 1.70. The smallest absolute Gasteiger partial charge is 0.272 e. The summed E-state index contributed by atoms with van der Waals surface area (Å²) in [4.78, 5) is 22.2. The van der Waals surface area contributed by atoms with E-state index >= 15 is 0 Å². The molecule has 1 aliphatic carbocycles. The molecular weight excluding hydrogens is 402 g/mol. The van der Waals surface area contributed by atoms with Gasteiger partial charge in [-0.1, -0.05) is 0 Å². The van der Waals surface area contributed by atoms with Crippen LogP contribution in [0.15, 0.2) is 29.2 Å². The molecule has 12 heteroatoms. The van der Waals surface area contributed by atoms with Crippen LogP contribution in [-0.2, 0) is 17.1 Å². The number of benzene rings is 1. The number of nitro groups is 1. The normalized spacial score (nSPS) is 14.1. The van der Waals surface area contributed by atoms with Crippen LogP contribution in [-0.4, -0.2) is 41.1 Å². The zero-order valence-electron chi connectivity index (χ0n) is 16.1. The van der Waals surface area contributed by atoms with E-state index in [4.69, 9.17) is 4.74 Å². The van der Waals surface area contributed by atoms with Crippen LogP contribution in [0.3, 0.4) is 0 Å². The number of hydrogen-bond donors (Lipinski definition) is 2. The minimum atomic E-state index is -4.03. The molecular formula is C17H21N5O6S. The van der Waals surface area contributed by atoms with Gasteiger partial charge in [0.05, 0.1) is 4.92 Å². The molecule has 2 N–H and O–H groups in total. The molecule has 0 aliphatic heterocycles. The minimum absolute atomic E-state index is 0.0891. The van der Waals surface area contributed by atoms with Crippen molar-refractivity contribution in [1.82, 2.24) is 19.8 Å². The maximum absolute atomic E-state index is 12.7. The third-order valence-corrected chi connectivity index (χ3v) is 5.57. The number of hydrogen-bond acceptors (Lipinski definition) is 7. The van der Waals surface area contributed by atoms with Crippen LogP contribution in [0, 0.1) is 10.1 Å². The number of nitrogens with one attached hydrogen (secondary N) is 2. The SMILES string of the molecule is CC(C)NC(=O)c1cc(Oc2ccc([N+](=O)[O-])cc2S(=O)(=O)NC2CC2)n(C)n1. The summed E-state index contributed by atoms with van der Waals surface area (Å²) in [5, 5.41) is 17.9. The van der Waals surface area contributed by atoms with E-state index in [1.54, 1.807) is 13.8 Å². The van der Waals surface area contributed by atoms with Crippen molar-refractivity contribution in [3.05, 3.63) is 40.1 Å². The van der Waals surface area contributed by atoms with Gasteiger partial charge in [0.25, 0.3) is 11.6 Å². The molecule has 1 aromatic heterocycles. The van der Waals surface area contributed by atoms with Crippen molar-refractivity contribution >= 4 is 21.6 Å². The molecule has 0 bridgehead atoms. The molecule has 1 saturated carbocycles. The Balaban J connectivity index is 1.95. The quantitative estimate of drug-likeness (QED) is 0.485. The molecule has 0 radical (unpaired) electrons. The molecule has 0 atom stereocenters. The lowest BCUT2D eigenvalue weighted by atomic mass is 10.3. The predicted molar refractivity (Wildman–Crippen MR) is 102 cm³/mol. The molecule has 0 saturated heterocycles.